The average Bonchev–Trinajstić information content (AvgIpc) is 3.00. The second-order valence-corrected chi connectivity index (χ2v) is 7.14. The number of aryl methyl sites for hydroxylation is 1. The van der Waals surface area contributed by atoms with Crippen molar-refractivity contribution in [2.75, 3.05) is 6.54 Å². The van der Waals surface area contributed by atoms with Gasteiger partial charge >= 0.3 is 0 Å². The first-order chi connectivity index (χ1) is 9.04. The first kappa shape index (κ1) is 13.1. The molecule has 0 aliphatic heterocycles. The van der Waals surface area contributed by atoms with E-state index in [1.165, 1.54) is 19.3 Å². The highest BCUT2D eigenvalue weighted by Crippen LogP contribution is 2.65. The van der Waals surface area contributed by atoms with Gasteiger partial charge in [0.1, 0.15) is 0 Å². The minimum atomic E-state index is 0.491. The van der Waals surface area contributed by atoms with Crippen LogP contribution < -0.4 is 5.32 Å². The van der Waals surface area contributed by atoms with Crippen LogP contribution in [-0.4, -0.2) is 27.6 Å². The quantitative estimate of drug-likeness (QED) is 0.829. The van der Waals surface area contributed by atoms with E-state index in [2.05, 4.69) is 36.4 Å². The summed E-state index contributed by atoms with van der Waals surface area (Å²) in [7, 11) is 0. The molecular formula is C15H26N4. The zero-order valence-corrected chi connectivity index (χ0v) is 12.4. The van der Waals surface area contributed by atoms with Crippen molar-refractivity contribution in [2.24, 2.45) is 16.7 Å². The van der Waals surface area contributed by atoms with Crippen LogP contribution in [0, 0.1) is 16.7 Å². The summed E-state index contributed by atoms with van der Waals surface area (Å²) in [6, 6.07) is 0.706. The Morgan fingerprint density at radius 3 is 2.79 bits per heavy atom. The smallest absolute Gasteiger partial charge is 0.0692 e. The van der Waals surface area contributed by atoms with E-state index in [0.29, 0.717) is 16.9 Å². The van der Waals surface area contributed by atoms with Gasteiger partial charge in [-0.05, 0) is 49.0 Å². The maximum atomic E-state index is 4.00. The fourth-order valence-electron chi connectivity index (χ4n) is 4.38. The second-order valence-electron chi connectivity index (χ2n) is 7.14. The van der Waals surface area contributed by atoms with Crippen molar-refractivity contribution < 1.29 is 0 Å². The zero-order valence-electron chi connectivity index (χ0n) is 12.4. The number of nitrogens with one attached hydrogen (secondary N) is 1. The topological polar surface area (TPSA) is 42.7 Å². The molecule has 0 saturated heterocycles. The SMILES string of the molecule is CC1(C)C2CCC1(C)C(NCCCn1ccnn1)C2. The fraction of sp³-hybridized carbons (Fsp3) is 0.867. The third-order valence-corrected chi connectivity index (χ3v) is 6.22. The Morgan fingerprint density at radius 1 is 1.37 bits per heavy atom. The lowest BCUT2D eigenvalue weighted by atomic mass is 9.69. The van der Waals surface area contributed by atoms with Gasteiger partial charge in [0.15, 0.2) is 0 Å². The van der Waals surface area contributed by atoms with E-state index in [-0.39, 0.29) is 0 Å². The monoisotopic (exact) mass is 262 g/mol. The highest BCUT2D eigenvalue weighted by atomic mass is 15.4. The average molecular weight is 262 g/mol. The molecule has 4 heteroatoms. The van der Waals surface area contributed by atoms with Crippen molar-refractivity contribution >= 4 is 0 Å². The summed E-state index contributed by atoms with van der Waals surface area (Å²) in [5.41, 5.74) is 1.00. The molecule has 106 valence electrons. The van der Waals surface area contributed by atoms with Crippen LogP contribution in [0.25, 0.3) is 0 Å². The largest absolute Gasteiger partial charge is 0.313 e. The minimum Gasteiger partial charge on any atom is -0.313 e. The highest BCUT2D eigenvalue weighted by Gasteiger charge is 2.60. The molecule has 0 amide bonds. The van der Waals surface area contributed by atoms with Gasteiger partial charge in [-0.25, -0.2) is 0 Å². The van der Waals surface area contributed by atoms with Crippen LogP contribution in [0.1, 0.15) is 46.5 Å². The summed E-state index contributed by atoms with van der Waals surface area (Å²) in [5, 5.41) is 11.6. The Morgan fingerprint density at radius 2 is 2.21 bits per heavy atom. The Labute approximate surface area is 116 Å². The molecule has 3 atom stereocenters. The molecule has 1 aromatic rings. The molecule has 1 heterocycles. The molecule has 3 unspecified atom stereocenters. The third kappa shape index (κ3) is 2.00. The van der Waals surface area contributed by atoms with Crippen molar-refractivity contribution in [1.82, 2.24) is 20.3 Å². The normalized spacial score (nSPS) is 35.9. The van der Waals surface area contributed by atoms with Gasteiger partial charge in [-0.15, -0.1) is 5.10 Å². The van der Waals surface area contributed by atoms with Gasteiger partial charge in [-0.2, -0.15) is 0 Å². The van der Waals surface area contributed by atoms with E-state index in [9.17, 15) is 0 Å². The molecule has 2 saturated carbocycles. The molecule has 4 nitrogen and oxygen atoms in total. The molecular weight excluding hydrogens is 236 g/mol. The molecule has 2 aliphatic rings. The number of rotatable bonds is 5. The van der Waals surface area contributed by atoms with E-state index in [1.54, 1.807) is 6.20 Å². The van der Waals surface area contributed by atoms with E-state index in [1.807, 2.05) is 10.9 Å². The van der Waals surface area contributed by atoms with E-state index in [4.69, 9.17) is 0 Å². The number of aromatic nitrogens is 3. The maximum absolute atomic E-state index is 4.00. The van der Waals surface area contributed by atoms with Crippen molar-refractivity contribution in [3.05, 3.63) is 12.4 Å². The summed E-state index contributed by atoms with van der Waals surface area (Å²) in [6.45, 7) is 9.49. The standard InChI is InChI=1S/C15H26N4/c1-14(2)12-5-6-15(14,3)13(11-12)16-7-4-9-19-10-8-17-18-19/h8,10,12-13,16H,4-7,9,11H2,1-3H3. The predicted molar refractivity (Wildman–Crippen MR) is 75.7 cm³/mol. The highest BCUT2D eigenvalue weighted by molar-refractivity contribution is 5.12. The van der Waals surface area contributed by atoms with Crippen molar-refractivity contribution in [3.8, 4) is 0 Å². The third-order valence-electron chi connectivity index (χ3n) is 6.22. The molecule has 0 spiro atoms. The summed E-state index contributed by atoms with van der Waals surface area (Å²) >= 11 is 0. The molecule has 0 aromatic carbocycles. The lowest BCUT2D eigenvalue weighted by molar-refractivity contribution is 0.121. The van der Waals surface area contributed by atoms with Crippen LogP contribution in [0.3, 0.4) is 0 Å². The van der Waals surface area contributed by atoms with Gasteiger partial charge in [-0.1, -0.05) is 26.0 Å². The fourth-order valence-corrected chi connectivity index (χ4v) is 4.38. The molecule has 3 rings (SSSR count). The van der Waals surface area contributed by atoms with Crippen LogP contribution in [-0.2, 0) is 6.54 Å². The molecule has 0 radical (unpaired) electrons. The Bertz CT molecular complexity index is 425. The van der Waals surface area contributed by atoms with Crippen LogP contribution >= 0.6 is 0 Å². The minimum absolute atomic E-state index is 0.491. The number of hydrogen-bond acceptors (Lipinski definition) is 3. The predicted octanol–water partition coefficient (Wildman–Crippen LogP) is 2.47. The number of fused-ring (bicyclic) bond motifs is 2. The summed E-state index contributed by atoms with van der Waals surface area (Å²) in [5.74, 6) is 0.922. The summed E-state index contributed by atoms with van der Waals surface area (Å²) in [6.07, 6.45) is 8.99. The van der Waals surface area contributed by atoms with Gasteiger partial charge in [0.2, 0.25) is 0 Å². The molecule has 2 bridgehead atoms. The first-order valence-electron chi connectivity index (χ1n) is 7.61. The van der Waals surface area contributed by atoms with Crippen molar-refractivity contribution in [3.63, 3.8) is 0 Å². The molecule has 2 fully saturated rings. The van der Waals surface area contributed by atoms with Crippen LogP contribution in [0.5, 0.6) is 0 Å². The van der Waals surface area contributed by atoms with Crippen LogP contribution in [0.15, 0.2) is 12.4 Å². The Kier molecular flexibility index (Phi) is 3.16. The lowest BCUT2D eigenvalue weighted by Gasteiger charge is -2.39. The van der Waals surface area contributed by atoms with Gasteiger partial charge in [-0.3, -0.25) is 4.68 Å². The summed E-state index contributed by atoms with van der Waals surface area (Å²) < 4.78 is 1.91. The van der Waals surface area contributed by atoms with Crippen LogP contribution in [0.4, 0.5) is 0 Å². The molecule has 1 aromatic heterocycles. The molecule has 2 aliphatic carbocycles. The Hall–Kier alpha value is -0.900. The van der Waals surface area contributed by atoms with Gasteiger partial charge in [0.05, 0.1) is 6.20 Å². The number of nitrogens with zero attached hydrogens (tertiary/aromatic N) is 3. The van der Waals surface area contributed by atoms with Crippen LogP contribution in [0.2, 0.25) is 0 Å². The molecule has 19 heavy (non-hydrogen) atoms. The Balaban J connectivity index is 1.49. The second kappa shape index (κ2) is 4.58. The van der Waals surface area contributed by atoms with Gasteiger partial charge in [0.25, 0.3) is 0 Å². The van der Waals surface area contributed by atoms with Crippen molar-refractivity contribution in [1.29, 1.82) is 0 Å². The zero-order chi connectivity index (χ0) is 13.5. The summed E-state index contributed by atoms with van der Waals surface area (Å²) in [4.78, 5) is 0. The molecule has 1 N–H and O–H groups in total. The van der Waals surface area contributed by atoms with E-state index < -0.39 is 0 Å². The maximum Gasteiger partial charge on any atom is 0.0692 e. The van der Waals surface area contributed by atoms with E-state index in [0.717, 1.165) is 25.4 Å². The van der Waals surface area contributed by atoms with Gasteiger partial charge in [0, 0.05) is 18.8 Å². The van der Waals surface area contributed by atoms with Crippen molar-refractivity contribution in [2.45, 2.75) is 59.0 Å². The lowest BCUT2D eigenvalue weighted by Crippen LogP contribution is -2.44. The van der Waals surface area contributed by atoms with Gasteiger partial charge < -0.3 is 5.32 Å². The first-order valence-corrected chi connectivity index (χ1v) is 7.61. The van der Waals surface area contributed by atoms with E-state index >= 15 is 0 Å². The number of hydrogen-bond donors (Lipinski definition) is 1.